The maximum atomic E-state index is 9.31. The SMILES string of the molecule is COc1cc2nnc(-c3cc(C)on3)n2nc1OCc1ccc2c(n1)CCN(C1(CC#N)CCC1)C2. The fourth-order valence-electron chi connectivity index (χ4n) is 5.10. The Morgan fingerprint density at radius 2 is 2.11 bits per heavy atom. The molecule has 0 bridgehead atoms. The van der Waals surface area contributed by atoms with Crippen LogP contribution in [0.1, 0.15) is 48.4 Å². The number of nitriles is 1. The van der Waals surface area contributed by atoms with E-state index in [0.29, 0.717) is 41.0 Å². The van der Waals surface area contributed by atoms with E-state index in [-0.39, 0.29) is 12.1 Å². The molecule has 4 aromatic rings. The second kappa shape index (κ2) is 8.87. The Hall–Kier alpha value is -4.04. The average molecular weight is 487 g/mol. The Kier molecular flexibility index (Phi) is 5.53. The molecule has 4 aromatic heterocycles. The van der Waals surface area contributed by atoms with E-state index in [1.165, 1.54) is 12.0 Å². The molecule has 0 saturated heterocycles. The van der Waals surface area contributed by atoms with Crippen LogP contribution in [0.2, 0.25) is 0 Å². The van der Waals surface area contributed by atoms with Gasteiger partial charge in [-0.05, 0) is 37.8 Å². The summed E-state index contributed by atoms with van der Waals surface area (Å²) in [5.41, 5.74) is 4.23. The van der Waals surface area contributed by atoms with Crippen molar-refractivity contribution in [3.63, 3.8) is 0 Å². The van der Waals surface area contributed by atoms with Gasteiger partial charge < -0.3 is 14.0 Å². The van der Waals surface area contributed by atoms with Gasteiger partial charge in [0.1, 0.15) is 12.4 Å². The molecular formula is C25H26N8O3. The number of methoxy groups -OCH3 is 1. The number of rotatable bonds is 7. The quantitative estimate of drug-likeness (QED) is 0.384. The molecular weight excluding hydrogens is 460 g/mol. The number of fused-ring (bicyclic) bond motifs is 2. The van der Waals surface area contributed by atoms with Gasteiger partial charge in [-0.1, -0.05) is 11.2 Å². The number of aromatic nitrogens is 6. The fraction of sp³-hybridized carbons (Fsp3) is 0.440. The standard InChI is InChI=1S/C25H26N8O3/c1-16-12-20(31-36-16)23-29-28-22-13-21(34-2)24(30-33(22)23)35-15-18-5-4-17-14-32(11-6-19(17)27-18)25(9-10-26)7-3-8-25/h4-5,12-13H,3,6-9,11,14-15H2,1-2H3. The molecule has 0 radical (unpaired) electrons. The number of aryl methyl sites for hydroxylation is 1. The largest absolute Gasteiger partial charge is 0.491 e. The van der Waals surface area contributed by atoms with Crippen LogP contribution in [-0.4, -0.2) is 54.0 Å². The maximum absolute atomic E-state index is 9.31. The van der Waals surface area contributed by atoms with E-state index < -0.39 is 0 Å². The molecule has 1 fully saturated rings. The maximum Gasteiger partial charge on any atom is 0.275 e. The minimum atomic E-state index is 0.0563. The molecule has 2 aliphatic rings. The molecule has 0 unspecified atom stereocenters. The number of hydrogen-bond acceptors (Lipinski definition) is 10. The summed E-state index contributed by atoms with van der Waals surface area (Å²) in [6.45, 7) is 3.82. The molecule has 5 heterocycles. The predicted octanol–water partition coefficient (Wildman–Crippen LogP) is 3.26. The van der Waals surface area contributed by atoms with E-state index in [1.54, 1.807) is 23.8 Å². The molecule has 6 rings (SSSR count). The second-order valence-electron chi connectivity index (χ2n) is 9.42. The summed E-state index contributed by atoms with van der Waals surface area (Å²) in [6.07, 6.45) is 4.89. The predicted molar refractivity (Wildman–Crippen MR) is 127 cm³/mol. The molecule has 184 valence electrons. The first-order chi connectivity index (χ1) is 17.6. The van der Waals surface area contributed by atoms with Crippen molar-refractivity contribution < 1.29 is 14.0 Å². The molecule has 36 heavy (non-hydrogen) atoms. The summed E-state index contributed by atoms with van der Waals surface area (Å²) < 4.78 is 18.3. The molecule has 11 heteroatoms. The van der Waals surface area contributed by atoms with E-state index in [9.17, 15) is 5.26 Å². The van der Waals surface area contributed by atoms with Crippen LogP contribution in [0.4, 0.5) is 0 Å². The summed E-state index contributed by atoms with van der Waals surface area (Å²) in [5, 5.41) is 26.2. The number of hydrogen-bond donors (Lipinski definition) is 0. The monoisotopic (exact) mass is 486 g/mol. The first-order valence-electron chi connectivity index (χ1n) is 12.1. The highest BCUT2D eigenvalue weighted by molar-refractivity contribution is 5.56. The number of nitrogens with zero attached hydrogens (tertiary/aromatic N) is 8. The van der Waals surface area contributed by atoms with Crippen molar-refractivity contribution in [3.05, 3.63) is 47.0 Å². The first kappa shape index (κ1) is 22.4. The molecule has 0 N–H and O–H groups in total. The average Bonchev–Trinajstić information content (AvgIpc) is 3.49. The third-order valence-electron chi connectivity index (χ3n) is 7.23. The molecule has 1 aliphatic heterocycles. The lowest BCUT2D eigenvalue weighted by atomic mass is 9.72. The van der Waals surface area contributed by atoms with Crippen LogP contribution in [-0.2, 0) is 19.6 Å². The summed E-state index contributed by atoms with van der Waals surface area (Å²) in [6, 6.07) is 10.0. The van der Waals surface area contributed by atoms with Crippen molar-refractivity contribution in [3.8, 4) is 29.2 Å². The van der Waals surface area contributed by atoms with Gasteiger partial charge in [-0.15, -0.1) is 15.3 Å². The zero-order chi connectivity index (χ0) is 24.7. The van der Waals surface area contributed by atoms with Gasteiger partial charge in [-0.3, -0.25) is 9.88 Å². The highest BCUT2D eigenvalue weighted by atomic mass is 16.5. The van der Waals surface area contributed by atoms with Gasteiger partial charge in [0.15, 0.2) is 17.1 Å². The minimum absolute atomic E-state index is 0.0563. The third kappa shape index (κ3) is 3.83. The summed E-state index contributed by atoms with van der Waals surface area (Å²) >= 11 is 0. The highest BCUT2D eigenvalue weighted by Gasteiger charge is 2.43. The van der Waals surface area contributed by atoms with E-state index in [2.05, 4.69) is 37.5 Å². The van der Waals surface area contributed by atoms with Gasteiger partial charge in [0.2, 0.25) is 5.82 Å². The van der Waals surface area contributed by atoms with Crippen molar-refractivity contribution in [2.45, 2.75) is 57.7 Å². The van der Waals surface area contributed by atoms with Crippen LogP contribution in [0.15, 0.2) is 28.8 Å². The topological polar surface area (TPSA) is 127 Å². The minimum Gasteiger partial charge on any atom is -0.491 e. The van der Waals surface area contributed by atoms with Crippen molar-refractivity contribution in [1.82, 2.24) is 34.9 Å². The van der Waals surface area contributed by atoms with E-state index in [0.717, 1.165) is 43.7 Å². The zero-order valence-electron chi connectivity index (χ0n) is 20.3. The summed E-state index contributed by atoms with van der Waals surface area (Å²) in [5.74, 6) is 1.88. The lowest BCUT2D eigenvalue weighted by Gasteiger charge is -2.50. The molecule has 0 amide bonds. The van der Waals surface area contributed by atoms with Crippen LogP contribution < -0.4 is 9.47 Å². The van der Waals surface area contributed by atoms with Crippen molar-refractivity contribution in [2.75, 3.05) is 13.7 Å². The van der Waals surface area contributed by atoms with Crippen LogP contribution >= 0.6 is 0 Å². The van der Waals surface area contributed by atoms with Gasteiger partial charge in [-0.25, -0.2) is 0 Å². The molecule has 0 spiro atoms. The summed E-state index contributed by atoms with van der Waals surface area (Å²) in [4.78, 5) is 7.35. The van der Waals surface area contributed by atoms with Crippen LogP contribution in [0.5, 0.6) is 11.6 Å². The second-order valence-corrected chi connectivity index (χ2v) is 9.42. The molecule has 11 nitrogen and oxygen atoms in total. The Morgan fingerprint density at radius 1 is 1.22 bits per heavy atom. The fourth-order valence-corrected chi connectivity index (χ4v) is 5.10. The van der Waals surface area contributed by atoms with Gasteiger partial charge in [0.25, 0.3) is 5.88 Å². The Morgan fingerprint density at radius 3 is 2.83 bits per heavy atom. The number of ether oxygens (including phenoxy) is 2. The van der Waals surface area contributed by atoms with Gasteiger partial charge in [-0.2, -0.15) is 9.78 Å². The van der Waals surface area contributed by atoms with E-state index in [4.69, 9.17) is 19.0 Å². The molecule has 0 atom stereocenters. The first-order valence-corrected chi connectivity index (χ1v) is 12.1. The third-order valence-corrected chi connectivity index (χ3v) is 7.23. The van der Waals surface area contributed by atoms with Crippen molar-refractivity contribution >= 4 is 5.65 Å². The highest BCUT2D eigenvalue weighted by Crippen LogP contribution is 2.42. The Bertz CT molecular complexity index is 1470. The normalized spacial score (nSPS) is 16.8. The zero-order valence-corrected chi connectivity index (χ0v) is 20.3. The van der Waals surface area contributed by atoms with Gasteiger partial charge in [0.05, 0.1) is 25.3 Å². The lowest BCUT2D eigenvalue weighted by molar-refractivity contribution is 0.00797. The van der Waals surface area contributed by atoms with E-state index >= 15 is 0 Å². The summed E-state index contributed by atoms with van der Waals surface area (Å²) in [7, 11) is 1.56. The Balaban J connectivity index is 1.21. The smallest absolute Gasteiger partial charge is 0.275 e. The molecule has 0 aromatic carbocycles. The van der Waals surface area contributed by atoms with E-state index in [1.807, 2.05) is 13.0 Å². The lowest BCUT2D eigenvalue weighted by Crippen LogP contribution is -2.55. The van der Waals surface area contributed by atoms with Gasteiger partial charge >= 0.3 is 0 Å². The van der Waals surface area contributed by atoms with Gasteiger partial charge in [0, 0.05) is 42.9 Å². The van der Waals surface area contributed by atoms with Crippen LogP contribution in [0.3, 0.4) is 0 Å². The van der Waals surface area contributed by atoms with Crippen LogP contribution in [0.25, 0.3) is 17.2 Å². The Labute approximate surface area is 207 Å². The van der Waals surface area contributed by atoms with Crippen molar-refractivity contribution in [2.24, 2.45) is 0 Å². The molecule has 1 aliphatic carbocycles. The van der Waals surface area contributed by atoms with Crippen molar-refractivity contribution in [1.29, 1.82) is 5.26 Å². The number of pyridine rings is 1. The van der Waals surface area contributed by atoms with Crippen LogP contribution in [0, 0.1) is 18.3 Å². The molecule has 1 saturated carbocycles.